The number of fused-ring (bicyclic) bond motifs is 1. The summed E-state index contributed by atoms with van der Waals surface area (Å²) in [7, 11) is 0. The lowest BCUT2D eigenvalue weighted by Gasteiger charge is -2.07. The zero-order chi connectivity index (χ0) is 17.1. The number of ether oxygens (including phenoxy) is 1. The molecule has 1 heterocycles. The molecule has 7 nitrogen and oxygen atoms in total. The van der Waals surface area contributed by atoms with Crippen molar-refractivity contribution in [3.63, 3.8) is 0 Å². The first-order valence-electron chi connectivity index (χ1n) is 7.00. The first-order chi connectivity index (χ1) is 11.5. The van der Waals surface area contributed by atoms with E-state index in [0.29, 0.717) is 11.0 Å². The molecule has 0 N–H and O–H groups in total. The van der Waals surface area contributed by atoms with E-state index in [2.05, 4.69) is 0 Å². The molecule has 7 heteroatoms. The summed E-state index contributed by atoms with van der Waals surface area (Å²) in [4.78, 5) is 34.1. The van der Waals surface area contributed by atoms with Crippen molar-refractivity contribution in [3.05, 3.63) is 80.7 Å². The molecule has 0 spiro atoms. The Bertz CT molecular complexity index is 992. The molecule has 120 valence electrons. The number of para-hydroxylation sites is 2. The number of nitro benzene ring substituents is 1. The fourth-order valence-electron chi connectivity index (χ4n) is 2.32. The van der Waals surface area contributed by atoms with Crippen LogP contribution >= 0.6 is 0 Å². The van der Waals surface area contributed by atoms with Gasteiger partial charge in [0.2, 0.25) is 0 Å². The normalized spacial score (nSPS) is 10.5. The standard InChI is InChI=1S/C17H11NO6/c19-16(9-11-5-1-3-7-13(11)18(21)22)24-15-10-17(20)23-14-8-4-2-6-12(14)15/h1-8,10H,9H2. The number of nitrogens with zero attached hydrogens (tertiary/aromatic N) is 1. The Morgan fingerprint density at radius 3 is 2.62 bits per heavy atom. The Labute approximate surface area is 135 Å². The number of nitro groups is 1. The Balaban J connectivity index is 1.89. The van der Waals surface area contributed by atoms with Crippen molar-refractivity contribution in [1.82, 2.24) is 0 Å². The molecule has 3 rings (SSSR count). The van der Waals surface area contributed by atoms with Gasteiger partial charge in [-0.3, -0.25) is 14.9 Å². The highest BCUT2D eigenvalue weighted by atomic mass is 16.6. The lowest BCUT2D eigenvalue weighted by atomic mass is 10.1. The van der Waals surface area contributed by atoms with E-state index in [0.717, 1.165) is 6.07 Å². The predicted octanol–water partition coefficient (Wildman–Crippen LogP) is 2.85. The second-order valence-corrected chi connectivity index (χ2v) is 4.96. The minimum absolute atomic E-state index is 0.0606. The highest BCUT2D eigenvalue weighted by Crippen LogP contribution is 2.24. The average Bonchev–Trinajstić information content (AvgIpc) is 2.55. The summed E-state index contributed by atoms with van der Waals surface area (Å²) in [6, 6.07) is 13.6. The average molecular weight is 325 g/mol. The summed E-state index contributed by atoms with van der Waals surface area (Å²) in [6.45, 7) is 0. The number of esters is 1. The molecule has 2 aromatic carbocycles. The monoisotopic (exact) mass is 325 g/mol. The molecule has 0 unspecified atom stereocenters. The molecular formula is C17H11NO6. The van der Waals surface area contributed by atoms with Gasteiger partial charge in [-0.15, -0.1) is 0 Å². The number of carbonyl (C=O) groups excluding carboxylic acids is 1. The molecule has 0 saturated heterocycles. The van der Waals surface area contributed by atoms with E-state index in [1.165, 1.54) is 18.2 Å². The van der Waals surface area contributed by atoms with Gasteiger partial charge < -0.3 is 9.15 Å². The number of hydrogen-bond acceptors (Lipinski definition) is 6. The first-order valence-corrected chi connectivity index (χ1v) is 7.00. The van der Waals surface area contributed by atoms with Gasteiger partial charge in [0.15, 0.2) is 0 Å². The van der Waals surface area contributed by atoms with Crippen molar-refractivity contribution in [3.8, 4) is 5.75 Å². The first kappa shape index (κ1) is 15.4. The largest absolute Gasteiger partial charge is 0.425 e. The summed E-state index contributed by atoms with van der Waals surface area (Å²) < 4.78 is 10.2. The van der Waals surface area contributed by atoms with Crippen LogP contribution in [0.2, 0.25) is 0 Å². The van der Waals surface area contributed by atoms with E-state index in [-0.39, 0.29) is 23.4 Å². The van der Waals surface area contributed by atoms with E-state index >= 15 is 0 Å². The van der Waals surface area contributed by atoms with E-state index in [4.69, 9.17) is 9.15 Å². The van der Waals surface area contributed by atoms with Crippen molar-refractivity contribution in [1.29, 1.82) is 0 Å². The van der Waals surface area contributed by atoms with Gasteiger partial charge in [-0.05, 0) is 12.1 Å². The minimum Gasteiger partial charge on any atom is -0.425 e. The van der Waals surface area contributed by atoms with Crippen LogP contribution in [0.1, 0.15) is 5.56 Å². The zero-order valence-corrected chi connectivity index (χ0v) is 12.3. The van der Waals surface area contributed by atoms with E-state index in [1.54, 1.807) is 30.3 Å². The molecule has 0 saturated carbocycles. The predicted molar refractivity (Wildman–Crippen MR) is 84.9 cm³/mol. The molecule has 0 fully saturated rings. The van der Waals surface area contributed by atoms with Crippen LogP contribution < -0.4 is 10.4 Å². The van der Waals surface area contributed by atoms with Gasteiger partial charge in [0.1, 0.15) is 11.3 Å². The molecule has 0 aliphatic rings. The van der Waals surface area contributed by atoms with Gasteiger partial charge in [0.05, 0.1) is 22.8 Å². The lowest BCUT2D eigenvalue weighted by molar-refractivity contribution is -0.385. The molecular weight excluding hydrogens is 314 g/mol. The van der Waals surface area contributed by atoms with Crippen LogP contribution in [0.25, 0.3) is 11.0 Å². The van der Waals surface area contributed by atoms with Gasteiger partial charge in [-0.25, -0.2) is 4.79 Å². The topological polar surface area (TPSA) is 99.6 Å². The van der Waals surface area contributed by atoms with Gasteiger partial charge in [0, 0.05) is 11.6 Å². The van der Waals surface area contributed by atoms with Crippen LogP contribution in [0.15, 0.2) is 63.8 Å². The summed E-state index contributed by atoms with van der Waals surface area (Å²) >= 11 is 0. The molecule has 0 amide bonds. The van der Waals surface area contributed by atoms with Crippen LogP contribution in [0.5, 0.6) is 5.75 Å². The molecule has 0 aliphatic carbocycles. The minimum atomic E-state index is -0.708. The number of hydrogen-bond donors (Lipinski definition) is 0. The highest BCUT2D eigenvalue weighted by Gasteiger charge is 2.18. The fourth-order valence-corrected chi connectivity index (χ4v) is 2.32. The second-order valence-electron chi connectivity index (χ2n) is 4.96. The summed E-state index contributed by atoms with van der Waals surface area (Å²) in [5.41, 5.74) is -0.285. The quantitative estimate of drug-likeness (QED) is 0.316. The maximum atomic E-state index is 12.1. The van der Waals surface area contributed by atoms with Gasteiger partial charge in [-0.1, -0.05) is 30.3 Å². The highest BCUT2D eigenvalue weighted by molar-refractivity contribution is 5.86. The van der Waals surface area contributed by atoms with Crippen LogP contribution in [-0.2, 0) is 11.2 Å². The number of rotatable bonds is 4. The maximum Gasteiger partial charge on any atom is 0.339 e. The second kappa shape index (κ2) is 6.33. The van der Waals surface area contributed by atoms with Crippen LogP contribution in [-0.4, -0.2) is 10.9 Å². The van der Waals surface area contributed by atoms with Gasteiger partial charge >= 0.3 is 11.6 Å². The van der Waals surface area contributed by atoms with E-state index in [9.17, 15) is 19.7 Å². The summed E-state index contributed by atoms with van der Waals surface area (Å²) in [5, 5.41) is 11.4. The smallest absolute Gasteiger partial charge is 0.339 e. The van der Waals surface area contributed by atoms with Crippen molar-refractivity contribution in [2.24, 2.45) is 0 Å². The Kier molecular flexibility index (Phi) is 4.07. The SMILES string of the molecule is O=C(Cc1ccccc1[N+](=O)[O-])Oc1cc(=O)oc2ccccc12. The zero-order valence-electron chi connectivity index (χ0n) is 12.3. The van der Waals surface area contributed by atoms with E-state index < -0.39 is 16.5 Å². The van der Waals surface area contributed by atoms with Crippen LogP contribution in [0.4, 0.5) is 5.69 Å². The number of benzene rings is 2. The Hall–Kier alpha value is -3.48. The van der Waals surface area contributed by atoms with Gasteiger partial charge in [-0.2, -0.15) is 0 Å². The Morgan fingerprint density at radius 1 is 1.12 bits per heavy atom. The molecule has 0 atom stereocenters. The van der Waals surface area contributed by atoms with Crippen LogP contribution in [0.3, 0.4) is 0 Å². The van der Waals surface area contributed by atoms with Gasteiger partial charge in [0.25, 0.3) is 5.69 Å². The summed E-state index contributed by atoms with van der Waals surface area (Å²) in [6.07, 6.45) is -0.286. The van der Waals surface area contributed by atoms with Crippen LogP contribution in [0, 0.1) is 10.1 Å². The molecule has 3 aromatic rings. The number of carbonyl (C=O) groups is 1. The Morgan fingerprint density at radius 2 is 1.83 bits per heavy atom. The molecule has 0 radical (unpaired) electrons. The van der Waals surface area contributed by atoms with E-state index in [1.807, 2.05) is 0 Å². The third-order valence-electron chi connectivity index (χ3n) is 3.36. The third-order valence-corrected chi connectivity index (χ3v) is 3.36. The molecule has 1 aromatic heterocycles. The lowest BCUT2D eigenvalue weighted by Crippen LogP contribution is -2.14. The summed E-state index contributed by atoms with van der Waals surface area (Å²) in [5.74, 6) is -0.648. The van der Waals surface area contributed by atoms with Crippen molar-refractivity contribution >= 4 is 22.6 Å². The molecule has 0 aliphatic heterocycles. The molecule has 24 heavy (non-hydrogen) atoms. The third kappa shape index (κ3) is 3.14. The van der Waals surface area contributed by atoms with Crippen molar-refractivity contribution < 1.29 is 18.9 Å². The fraction of sp³-hybridized carbons (Fsp3) is 0.0588. The van der Waals surface area contributed by atoms with Crippen molar-refractivity contribution in [2.75, 3.05) is 0 Å². The molecule has 0 bridgehead atoms. The van der Waals surface area contributed by atoms with Crippen molar-refractivity contribution in [2.45, 2.75) is 6.42 Å². The maximum absolute atomic E-state index is 12.1.